The fourth-order valence-corrected chi connectivity index (χ4v) is 2.41. The zero-order valence-corrected chi connectivity index (χ0v) is 12.9. The second-order valence-corrected chi connectivity index (χ2v) is 5.34. The summed E-state index contributed by atoms with van der Waals surface area (Å²) in [5.41, 5.74) is 0.977. The zero-order chi connectivity index (χ0) is 15.2. The maximum atomic E-state index is 12.0. The average molecular weight is 307 g/mol. The van der Waals surface area contributed by atoms with Crippen LogP contribution in [0.15, 0.2) is 47.1 Å². The maximum Gasteiger partial charge on any atom is 0.237 e. The Morgan fingerprint density at radius 3 is 2.67 bits per heavy atom. The van der Waals surface area contributed by atoms with Gasteiger partial charge in [-0.1, -0.05) is 29.8 Å². The van der Waals surface area contributed by atoms with Gasteiger partial charge in [0.15, 0.2) is 0 Å². The molecule has 0 spiro atoms. The van der Waals surface area contributed by atoms with Crippen LogP contribution in [0.1, 0.15) is 31.2 Å². The third-order valence-corrected chi connectivity index (χ3v) is 3.63. The molecule has 0 aliphatic rings. The van der Waals surface area contributed by atoms with Crippen molar-refractivity contribution in [3.05, 3.63) is 59.0 Å². The molecule has 0 fully saturated rings. The number of hydrogen-bond donors (Lipinski definition) is 2. The van der Waals surface area contributed by atoms with Gasteiger partial charge in [0, 0.05) is 11.1 Å². The van der Waals surface area contributed by atoms with Gasteiger partial charge in [0.1, 0.15) is 5.76 Å². The molecule has 2 atom stereocenters. The quantitative estimate of drug-likeness (QED) is 0.861. The van der Waals surface area contributed by atoms with Gasteiger partial charge in [-0.3, -0.25) is 10.1 Å². The van der Waals surface area contributed by atoms with Crippen molar-refractivity contribution in [2.75, 3.05) is 0 Å². The van der Waals surface area contributed by atoms with Gasteiger partial charge in [0.25, 0.3) is 0 Å². The molecule has 2 rings (SSSR count). The van der Waals surface area contributed by atoms with Crippen LogP contribution in [-0.4, -0.2) is 11.9 Å². The first-order chi connectivity index (χ1) is 10.1. The van der Waals surface area contributed by atoms with Crippen molar-refractivity contribution < 1.29 is 9.21 Å². The molecule has 21 heavy (non-hydrogen) atoms. The molecule has 0 bridgehead atoms. The number of nitrogens with one attached hydrogen (secondary N) is 2. The summed E-state index contributed by atoms with van der Waals surface area (Å²) in [7, 11) is 0. The Balaban J connectivity index is 1.87. The van der Waals surface area contributed by atoms with E-state index in [9.17, 15) is 4.79 Å². The minimum Gasteiger partial charge on any atom is -0.467 e. The number of furan rings is 1. The van der Waals surface area contributed by atoms with Gasteiger partial charge in [0.2, 0.25) is 5.91 Å². The smallest absolute Gasteiger partial charge is 0.237 e. The van der Waals surface area contributed by atoms with E-state index in [1.807, 2.05) is 44.2 Å². The molecule has 0 aliphatic carbocycles. The van der Waals surface area contributed by atoms with Gasteiger partial charge < -0.3 is 9.73 Å². The Bertz CT molecular complexity index is 584. The molecule has 0 saturated heterocycles. The lowest BCUT2D eigenvalue weighted by Crippen LogP contribution is -2.42. The Morgan fingerprint density at radius 2 is 2.00 bits per heavy atom. The predicted octanol–water partition coefficient (Wildman–Crippen LogP) is 3.29. The third kappa shape index (κ3) is 4.34. The highest BCUT2D eigenvalue weighted by Gasteiger charge is 2.17. The van der Waals surface area contributed by atoms with E-state index in [4.69, 9.17) is 16.0 Å². The van der Waals surface area contributed by atoms with Crippen molar-refractivity contribution in [2.24, 2.45) is 0 Å². The van der Waals surface area contributed by atoms with Crippen molar-refractivity contribution in [3.8, 4) is 0 Å². The minimum absolute atomic E-state index is 0.0111. The first kappa shape index (κ1) is 15.6. The zero-order valence-electron chi connectivity index (χ0n) is 12.1. The van der Waals surface area contributed by atoms with Crippen molar-refractivity contribution in [1.29, 1.82) is 0 Å². The highest BCUT2D eigenvalue weighted by Crippen LogP contribution is 2.22. The summed E-state index contributed by atoms with van der Waals surface area (Å²) in [5, 5.41) is 6.76. The van der Waals surface area contributed by atoms with E-state index in [-0.39, 0.29) is 18.0 Å². The second kappa shape index (κ2) is 7.29. The molecule has 112 valence electrons. The number of hydrogen-bond acceptors (Lipinski definition) is 3. The molecule has 1 amide bonds. The molecular formula is C16H19ClN2O2. The molecule has 1 aromatic carbocycles. The second-order valence-electron chi connectivity index (χ2n) is 4.93. The number of rotatable bonds is 6. The number of amides is 1. The van der Waals surface area contributed by atoms with E-state index in [0.29, 0.717) is 11.6 Å². The SMILES string of the molecule is CC(NC(C)c1ccccc1Cl)C(=O)NCc1ccco1. The van der Waals surface area contributed by atoms with Crippen LogP contribution in [0.3, 0.4) is 0 Å². The number of carbonyl (C=O) groups excluding carboxylic acids is 1. The summed E-state index contributed by atoms with van der Waals surface area (Å²) in [6.45, 7) is 4.20. The largest absolute Gasteiger partial charge is 0.467 e. The van der Waals surface area contributed by atoms with Crippen molar-refractivity contribution in [1.82, 2.24) is 10.6 Å². The summed E-state index contributed by atoms with van der Waals surface area (Å²) in [4.78, 5) is 12.0. The van der Waals surface area contributed by atoms with Crippen LogP contribution in [0.5, 0.6) is 0 Å². The van der Waals surface area contributed by atoms with Gasteiger partial charge in [-0.2, -0.15) is 0 Å². The van der Waals surface area contributed by atoms with Gasteiger partial charge in [-0.25, -0.2) is 0 Å². The lowest BCUT2D eigenvalue weighted by Gasteiger charge is -2.20. The molecule has 1 heterocycles. The fraction of sp³-hybridized carbons (Fsp3) is 0.312. The van der Waals surface area contributed by atoms with E-state index in [0.717, 1.165) is 11.3 Å². The Hall–Kier alpha value is -1.78. The maximum absolute atomic E-state index is 12.0. The van der Waals surface area contributed by atoms with Crippen LogP contribution in [-0.2, 0) is 11.3 Å². The molecule has 2 aromatic rings. The van der Waals surface area contributed by atoms with E-state index in [1.165, 1.54) is 0 Å². The van der Waals surface area contributed by atoms with E-state index in [2.05, 4.69) is 10.6 Å². The normalized spacial score (nSPS) is 13.7. The predicted molar refractivity (Wildman–Crippen MR) is 83.0 cm³/mol. The van der Waals surface area contributed by atoms with Crippen LogP contribution < -0.4 is 10.6 Å². The van der Waals surface area contributed by atoms with E-state index >= 15 is 0 Å². The number of halogens is 1. The molecule has 2 N–H and O–H groups in total. The third-order valence-electron chi connectivity index (χ3n) is 3.28. The summed E-state index contributed by atoms with van der Waals surface area (Å²) in [5.74, 6) is 0.653. The number of carbonyl (C=O) groups is 1. The highest BCUT2D eigenvalue weighted by atomic mass is 35.5. The molecular weight excluding hydrogens is 288 g/mol. The Labute approximate surface area is 129 Å². The van der Waals surface area contributed by atoms with Gasteiger partial charge in [-0.15, -0.1) is 0 Å². The Kier molecular flexibility index (Phi) is 5.42. The molecule has 2 unspecified atom stereocenters. The lowest BCUT2D eigenvalue weighted by atomic mass is 10.1. The molecule has 1 aromatic heterocycles. The minimum atomic E-state index is -0.328. The first-order valence-electron chi connectivity index (χ1n) is 6.88. The highest BCUT2D eigenvalue weighted by molar-refractivity contribution is 6.31. The monoisotopic (exact) mass is 306 g/mol. The van der Waals surface area contributed by atoms with Crippen LogP contribution in [0.2, 0.25) is 5.02 Å². The first-order valence-corrected chi connectivity index (χ1v) is 7.26. The summed E-state index contributed by atoms with van der Waals surface area (Å²) < 4.78 is 5.18. The molecule has 4 nitrogen and oxygen atoms in total. The van der Waals surface area contributed by atoms with Crippen LogP contribution >= 0.6 is 11.6 Å². The molecule has 0 saturated carbocycles. The Morgan fingerprint density at radius 1 is 1.24 bits per heavy atom. The van der Waals surface area contributed by atoms with Crippen molar-refractivity contribution in [3.63, 3.8) is 0 Å². The van der Waals surface area contributed by atoms with E-state index in [1.54, 1.807) is 12.3 Å². The van der Waals surface area contributed by atoms with E-state index < -0.39 is 0 Å². The van der Waals surface area contributed by atoms with Gasteiger partial charge >= 0.3 is 0 Å². The van der Waals surface area contributed by atoms with Gasteiger partial charge in [0.05, 0.1) is 18.8 Å². The summed E-state index contributed by atoms with van der Waals surface area (Å²) in [6.07, 6.45) is 1.59. The summed E-state index contributed by atoms with van der Waals surface area (Å²) in [6, 6.07) is 10.9. The fourth-order valence-electron chi connectivity index (χ4n) is 2.11. The van der Waals surface area contributed by atoms with Crippen LogP contribution in [0, 0.1) is 0 Å². The lowest BCUT2D eigenvalue weighted by molar-refractivity contribution is -0.123. The average Bonchev–Trinajstić information content (AvgIpc) is 2.98. The van der Waals surface area contributed by atoms with Crippen LogP contribution in [0.25, 0.3) is 0 Å². The van der Waals surface area contributed by atoms with Gasteiger partial charge in [-0.05, 0) is 37.6 Å². The number of benzene rings is 1. The van der Waals surface area contributed by atoms with Crippen molar-refractivity contribution >= 4 is 17.5 Å². The van der Waals surface area contributed by atoms with Crippen LogP contribution in [0.4, 0.5) is 0 Å². The molecule has 0 aliphatic heterocycles. The summed E-state index contributed by atoms with van der Waals surface area (Å²) >= 11 is 6.16. The standard InChI is InChI=1S/C16H19ClN2O2/c1-11(14-7-3-4-8-15(14)17)19-12(2)16(20)18-10-13-6-5-9-21-13/h3-9,11-12,19H,10H2,1-2H3,(H,18,20). The molecule has 0 radical (unpaired) electrons. The molecule has 5 heteroatoms. The topological polar surface area (TPSA) is 54.3 Å². The van der Waals surface area contributed by atoms with Crippen molar-refractivity contribution in [2.45, 2.75) is 32.5 Å².